The van der Waals surface area contributed by atoms with Crippen LogP contribution in [0.5, 0.6) is 11.5 Å². The molecule has 4 aromatic rings. The zero-order valence-electron chi connectivity index (χ0n) is 18.1. The Hall–Kier alpha value is -2.94. The quantitative estimate of drug-likeness (QED) is 0.245. The molecule has 1 heterocycles. The number of hydrogen-bond donors (Lipinski definition) is 3. The second kappa shape index (κ2) is 10.3. The van der Waals surface area contributed by atoms with Crippen LogP contribution in [0.2, 0.25) is 0 Å². The van der Waals surface area contributed by atoms with Crippen LogP contribution in [-0.4, -0.2) is 30.3 Å². The Morgan fingerprint density at radius 3 is 2.48 bits per heavy atom. The average Bonchev–Trinajstić information content (AvgIpc) is 3.17. The van der Waals surface area contributed by atoms with E-state index < -0.39 is 5.97 Å². The van der Waals surface area contributed by atoms with Crippen LogP contribution in [0, 0.1) is 0 Å². The number of rotatable bonds is 9. The summed E-state index contributed by atoms with van der Waals surface area (Å²) in [6, 6.07) is 19.7. The van der Waals surface area contributed by atoms with E-state index in [-0.39, 0.29) is 5.69 Å². The number of benzene rings is 3. The van der Waals surface area contributed by atoms with Gasteiger partial charge in [0.25, 0.3) is 0 Å². The molecule has 3 N–H and O–H groups in total. The topological polar surface area (TPSA) is 83.6 Å². The molecule has 0 atom stereocenters. The Labute approximate surface area is 204 Å². The van der Waals surface area contributed by atoms with E-state index in [9.17, 15) is 9.90 Å². The molecule has 0 fully saturated rings. The van der Waals surface area contributed by atoms with Crippen LogP contribution < -0.4 is 14.8 Å². The number of aromatic amines is 1. The van der Waals surface area contributed by atoms with Crippen molar-refractivity contribution < 1.29 is 19.4 Å². The summed E-state index contributed by atoms with van der Waals surface area (Å²) in [4.78, 5) is 16.6. The van der Waals surface area contributed by atoms with Crippen molar-refractivity contribution in [3.63, 3.8) is 0 Å². The van der Waals surface area contributed by atoms with Gasteiger partial charge in [0.15, 0.2) is 11.5 Å². The number of carboxylic acids is 1. The maximum Gasteiger partial charge on any atom is 0.353 e. The normalized spacial score (nSPS) is 11.0. The van der Waals surface area contributed by atoms with Gasteiger partial charge in [0.1, 0.15) is 5.69 Å². The number of carboxylic acid groups (broad SMARTS) is 1. The fraction of sp³-hybridized carbons (Fsp3) is 0.160. The lowest BCUT2D eigenvalue weighted by molar-refractivity contribution is 0.0687. The van der Waals surface area contributed by atoms with Gasteiger partial charge in [-0.1, -0.05) is 42.1 Å². The average molecular weight is 527 g/mol. The largest absolute Gasteiger partial charge is 0.493 e. The number of ether oxygens (including phenoxy) is 2. The second-order valence-electron chi connectivity index (χ2n) is 7.35. The number of fused-ring (bicyclic) bond motifs is 1. The third-order valence-corrected chi connectivity index (χ3v) is 6.87. The van der Waals surface area contributed by atoms with Crippen LogP contribution in [0.1, 0.15) is 21.6 Å². The van der Waals surface area contributed by atoms with Gasteiger partial charge in [0, 0.05) is 28.9 Å². The van der Waals surface area contributed by atoms with E-state index in [1.807, 2.05) is 60.7 Å². The number of aromatic nitrogens is 1. The Morgan fingerprint density at radius 2 is 1.79 bits per heavy atom. The van der Waals surface area contributed by atoms with Crippen molar-refractivity contribution in [2.45, 2.75) is 22.9 Å². The minimum atomic E-state index is -0.969. The first kappa shape index (κ1) is 23.2. The minimum Gasteiger partial charge on any atom is -0.493 e. The molecular weight excluding hydrogens is 504 g/mol. The van der Waals surface area contributed by atoms with Crippen molar-refractivity contribution in [2.75, 3.05) is 14.2 Å². The molecule has 4 rings (SSSR count). The zero-order valence-corrected chi connectivity index (χ0v) is 20.5. The first-order valence-electron chi connectivity index (χ1n) is 10.2. The van der Waals surface area contributed by atoms with Crippen molar-refractivity contribution in [2.24, 2.45) is 0 Å². The third kappa shape index (κ3) is 5.19. The predicted molar refractivity (Wildman–Crippen MR) is 134 cm³/mol. The summed E-state index contributed by atoms with van der Waals surface area (Å²) in [5.74, 6) is 0.362. The Morgan fingerprint density at radius 1 is 1.03 bits per heavy atom. The van der Waals surface area contributed by atoms with E-state index in [4.69, 9.17) is 9.47 Å². The highest BCUT2D eigenvalue weighted by molar-refractivity contribution is 9.10. The van der Waals surface area contributed by atoms with E-state index in [0.29, 0.717) is 24.6 Å². The van der Waals surface area contributed by atoms with Crippen molar-refractivity contribution >= 4 is 44.6 Å². The second-order valence-corrected chi connectivity index (χ2v) is 9.28. The lowest BCUT2D eigenvalue weighted by Crippen LogP contribution is -2.12. The molecule has 0 spiro atoms. The summed E-state index contributed by atoms with van der Waals surface area (Å²) in [5, 5.41) is 14.0. The smallest absolute Gasteiger partial charge is 0.353 e. The zero-order chi connectivity index (χ0) is 23.4. The molecule has 0 aliphatic heterocycles. The monoisotopic (exact) mass is 526 g/mol. The van der Waals surface area contributed by atoms with E-state index in [1.54, 1.807) is 14.2 Å². The molecule has 0 saturated carbocycles. The Balaban J connectivity index is 1.52. The number of methoxy groups -OCH3 is 2. The molecule has 0 saturated heterocycles. The first-order valence-corrected chi connectivity index (χ1v) is 11.8. The predicted octanol–water partition coefficient (Wildman–Crippen LogP) is 6.09. The summed E-state index contributed by atoms with van der Waals surface area (Å²) >= 11 is 4.97. The first-order chi connectivity index (χ1) is 16.0. The number of carbonyl (C=O) groups is 1. The van der Waals surface area contributed by atoms with Crippen LogP contribution in [0.3, 0.4) is 0 Å². The van der Waals surface area contributed by atoms with Gasteiger partial charge in [-0.05, 0) is 57.4 Å². The van der Waals surface area contributed by atoms with Crippen molar-refractivity contribution in [1.82, 2.24) is 10.3 Å². The summed E-state index contributed by atoms with van der Waals surface area (Å²) in [5.41, 5.74) is 3.12. The Kier molecular flexibility index (Phi) is 7.27. The fourth-order valence-electron chi connectivity index (χ4n) is 3.62. The lowest BCUT2D eigenvalue weighted by atomic mass is 10.1. The molecule has 6 nitrogen and oxygen atoms in total. The van der Waals surface area contributed by atoms with Gasteiger partial charge in [-0.25, -0.2) is 4.79 Å². The standard InChI is InChI=1S/C25H23BrN2O4S/c1-31-21-12-16(10-19(26)23(21)32-2)14-27-13-15-8-9-18-20(11-15)28-22(25(29)30)24(18)33-17-6-4-3-5-7-17/h3-12,27-28H,13-14H2,1-2H3,(H,29,30). The van der Waals surface area contributed by atoms with Gasteiger partial charge in [-0.15, -0.1) is 0 Å². The highest BCUT2D eigenvalue weighted by Crippen LogP contribution is 2.38. The number of H-pyrrole nitrogens is 1. The van der Waals surface area contributed by atoms with Crippen LogP contribution in [0.4, 0.5) is 0 Å². The minimum absolute atomic E-state index is 0.208. The summed E-state index contributed by atoms with van der Waals surface area (Å²) < 4.78 is 11.6. The van der Waals surface area contributed by atoms with E-state index in [0.717, 1.165) is 36.3 Å². The maximum absolute atomic E-state index is 11.8. The number of halogens is 1. The van der Waals surface area contributed by atoms with Gasteiger partial charge in [-0.2, -0.15) is 0 Å². The van der Waals surface area contributed by atoms with Gasteiger partial charge < -0.3 is 24.9 Å². The van der Waals surface area contributed by atoms with Crippen LogP contribution in [-0.2, 0) is 13.1 Å². The molecule has 0 aliphatic rings. The number of nitrogens with one attached hydrogen (secondary N) is 2. The van der Waals surface area contributed by atoms with Gasteiger partial charge in [0.05, 0.1) is 23.6 Å². The number of aromatic carboxylic acids is 1. The molecule has 0 unspecified atom stereocenters. The van der Waals surface area contributed by atoms with E-state index in [2.05, 4.69) is 26.2 Å². The maximum atomic E-state index is 11.8. The summed E-state index contributed by atoms with van der Waals surface area (Å²) in [6.45, 7) is 1.27. The molecule has 33 heavy (non-hydrogen) atoms. The van der Waals surface area contributed by atoms with Crippen molar-refractivity contribution in [1.29, 1.82) is 0 Å². The molecule has 3 aromatic carbocycles. The molecule has 170 valence electrons. The SMILES string of the molecule is COc1cc(CNCc2ccc3c(Sc4ccccc4)c(C(=O)O)[nH]c3c2)cc(Br)c1OC. The molecule has 8 heteroatoms. The molecule has 0 amide bonds. The van der Waals surface area contributed by atoms with Crippen LogP contribution in [0.25, 0.3) is 10.9 Å². The molecule has 0 radical (unpaired) electrons. The third-order valence-electron chi connectivity index (χ3n) is 5.14. The van der Waals surface area contributed by atoms with Crippen molar-refractivity contribution in [3.8, 4) is 11.5 Å². The van der Waals surface area contributed by atoms with Gasteiger partial charge in [0.2, 0.25) is 0 Å². The van der Waals surface area contributed by atoms with Crippen molar-refractivity contribution in [3.05, 3.63) is 82.0 Å². The van der Waals surface area contributed by atoms with Crippen LogP contribution >= 0.6 is 27.7 Å². The highest BCUT2D eigenvalue weighted by atomic mass is 79.9. The van der Waals surface area contributed by atoms with Gasteiger partial charge >= 0.3 is 5.97 Å². The lowest BCUT2D eigenvalue weighted by Gasteiger charge is -2.12. The highest BCUT2D eigenvalue weighted by Gasteiger charge is 2.18. The van der Waals surface area contributed by atoms with Crippen LogP contribution in [0.15, 0.2) is 74.9 Å². The molecule has 0 bridgehead atoms. The van der Waals surface area contributed by atoms with E-state index >= 15 is 0 Å². The fourth-order valence-corrected chi connectivity index (χ4v) is 5.33. The van der Waals surface area contributed by atoms with Gasteiger partial charge in [-0.3, -0.25) is 0 Å². The molecule has 0 aliphatic carbocycles. The number of hydrogen-bond acceptors (Lipinski definition) is 5. The van der Waals surface area contributed by atoms with E-state index in [1.165, 1.54) is 11.8 Å². The summed E-state index contributed by atoms with van der Waals surface area (Å²) in [6.07, 6.45) is 0. The Bertz CT molecular complexity index is 1290. The molecule has 1 aromatic heterocycles. The summed E-state index contributed by atoms with van der Waals surface area (Å²) in [7, 11) is 3.22. The molecular formula is C25H23BrN2O4S.